The van der Waals surface area contributed by atoms with Crippen molar-refractivity contribution in [2.24, 2.45) is 0 Å². The van der Waals surface area contributed by atoms with E-state index in [0.717, 1.165) is 31.4 Å². The topological polar surface area (TPSA) is 53.8 Å². The third-order valence-corrected chi connectivity index (χ3v) is 3.97. The highest BCUT2D eigenvalue weighted by atomic mass is 16.3. The molecule has 5 nitrogen and oxygen atoms in total. The van der Waals surface area contributed by atoms with Crippen LogP contribution in [0.15, 0.2) is 23.0 Å². The Balaban J connectivity index is 1.78. The maximum Gasteiger partial charge on any atom is 0.245 e. The number of nitrogens with zero attached hydrogens (tertiary/aromatic N) is 2. The van der Waals surface area contributed by atoms with Gasteiger partial charge in [-0.05, 0) is 25.3 Å². The second kappa shape index (κ2) is 5.07. The summed E-state index contributed by atoms with van der Waals surface area (Å²) in [5.74, 6) is 0.208. The molecule has 1 unspecified atom stereocenters. The lowest BCUT2D eigenvalue weighted by Gasteiger charge is -2.34. The van der Waals surface area contributed by atoms with Crippen LogP contribution in [0.25, 0.3) is 0 Å². The highest BCUT2D eigenvalue weighted by Gasteiger charge is 2.37. The Kier molecular flexibility index (Phi) is 3.27. The molecule has 0 aromatic carbocycles. The molecule has 0 radical (unpaired) electrons. The van der Waals surface area contributed by atoms with Gasteiger partial charge < -0.3 is 14.2 Å². The number of furan rings is 1. The van der Waals surface area contributed by atoms with Gasteiger partial charge in [-0.15, -0.1) is 0 Å². The lowest BCUT2D eigenvalue weighted by atomic mass is 10.0. The van der Waals surface area contributed by atoms with Crippen molar-refractivity contribution in [3.05, 3.63) is 24.2 Å². The van der Waals surface area contributed by atoms with Crippen LogP contribution in [-0.4, -0.2) is 40.7 Å². The Morgan fingerprint density at radius 2 is 2.16 bits per heavy atom. The van der Waals surface area contributed by atoms with Crippen LogP contribution < -0.4 is 0 Å². The molecule has 2 aliphatic rings. The SMILES string of the molecule is O=C1C2CCCCN2C(=O)CCN1Cc1ccoc1. The minimum absolute atomic E-state index is 0.0896. The first-order valence-corrected chi connectivity index (χ1v) is 6.85. The molecule has 1 aromatic rings. The number of fused-ring (bicyclic) bond motifs is 1. The van der Waals surface area contributed by atoms with E-state index in [9.17, 15) is 9.59 Å². The summed E-state index contributed by atoms with van der Waals surface area (Å²) in [4.78, 5) is 28.2. The van der Waals surface area contributed by atoms with E-state index in [4.69, 9.17) is 4.42 Å². The average Bonchev–Trinajstić information content (AvgIpc) is 2.91. The zero-order chi connectivity index (χ0) is 13.2. The number of amides is 2. The molecular formula is C14H18N2O3. The average molecular weight is 262 g/mol. The van der Waals surface area contributed by atoms with Crippen molar-refractivity contribution in [1.82, 2.24) is 9.80 Å². The largest absolute Gasteiger partial charge is 0.472 e. The van der Waals surface area contributed by atoms with Gasteiger partial charge in [-0.25, -0.2) is 0 Å². The van der Waals surface area contributed by atoms with Gasteiger partial charge in [0.1, 0.15) is 6.04 Å². The van der Waals surface area contributed by atoms with Crippen molar-refractivity contribution in [2.75, 3.05) is 13.1 Å². The molecule has 19 heavy (non-hydrogen) atoms. The maximum atomic E-state index is 12.6. The first-order valence-electron chi connectivity index (χ1n) is 6.85. The molecule has 1 atom stereocenters. The molecule has 0 N–H and O–H groups in total. The molecule has 0 spiro atoms. The summed E-state index contributed by atoms with van der Waals surface area (Å²) in [5, 5.41) is 0. The standard InChI is InChI=1S/C14H18N2O3/c17-13-4-7-15(9-11-5-8-19-10-11)14(18)12-3-1-2-6-16(12)13/h5,8,10,12H,1-4,6-7,9H2. The van der Waals surface area contributed by atoms with Crippen LogP contribution in [0.5, 0.6) is 0 Å². The fourth-order valence-corrected chi connectivity index (χ4v) is 2.94. The van der Waals surface area contributed by atoms with Gasteiger partial charge in [-0.2, -0.15) is 0 Å². The van der Waals surface area contributed by atoms with E-state index in [1.807, 2.05) is 6.07 Å². The van der Waals surface area contributed by atoms with E-state index < -0.39 is 0 Å². The molecule has 102 valence electrons. The molecule has 3 rings (SSSR count). The molecule has 2 saturated heterocycles. The lowest BCUT2D eigenvalue weighted by molar-refractivity contribution is -0.143. The predicted molar refractivity (Wildman–Crippen MR) is 68.1 cm³/mol. The van der Waals surface area contributed by atoms with Gasteiger partial charge >= 0.3 is 0 Å². The number of rotatable bonds is 2. The van der Waals surface area contributed by atoms with Gasteiger partial charge in [0, 0.05) is 31.6 Å². The van der Waals surface area contributed by atoms with Crippen molar-refractivity contribution >= 4 is 11.8 Å². The van der Waals surface area contributed by atoms with Crippen LogP contribution in [0, 0.1) is 0 Å². The Morgan fingerprint density at radius 3 is 2.95 bits per heavy atom. The summed E-state index contributed by atoms with van der Waals surface area (Å²) >= 11 is 0. The first kappa shape index (κ1) is 12.3. The molecular weight excluding hydrogens is 244 g/mol. The quantitative estimate of drug-likeness (QED) is 0.809. The van der Waals surface area contributed by atoms with E-state index in [2.05, 4.69) is 0 Å². The van der Waals surface area contributed by atoms with Gasteiger partial charge in [0.15, 0.2) is 0 Å². The molecule has 2 fully saturated rings. The highest BCUT2D eigenvalue weighted by Crippen LogP contribution is 2.23. The van der Waals surface area contributed by atoms with Crippen molar-refractivity contribution in [3.8, 4) is 0 Å². The molecule has 2 amide bonds. The third-order valence-electron chi connectivity index (χ3n) is 3.97. The molecule has 0 saturated carbocycles. The van der Waals surface area contributed by atoms with Gasteiger partial charge in [-0.1, -0.05) is 0 Å². The zero-order valence-corrected chi connectivity index (χ0v) is 10.9. The molecule has 5 heteroatoms. The van der Waals surface area contributed by atoms with Crippen LogP contribution in [0.4, 0.5) is 0 Å². The van der Waals surface area contributed by atoms with E-state index >= 15 is 0 Å². The second-order valence-electron chi connectivity index (χ2n) is 5.24. The predicted octanol–water partition coefficient (Wildman–Crippen LogP) is 1.39. The van der Waals surface area contributed by atoms with Crippen LogP contribution >= 0.6 is 0 Å². The van der Waals surface area contributed by atoms with Crippen molar-refractivity contribution in [2.45, 2.75) is 38.3 Å². The smallest absolute Gasteiger partial charge is 0.245 e. The van der Waals surface area contributed by atoms with Crippen LogP contribution in [-0.2, 0) is 16.1 Å². The lowest BCUT2D eigenvalue weighted by Crippen LogP contribution is -2.49. The molecule has 0 aliphatic carbocycles. The Labute approximate surface area is 112 Å². The Morgan fingerprint density at radius 1 is 1.26 bits per heavy atom. The molecule has 0 bridgehead atoms. The Hall–Kier alpha value is -1.78. The van der Waals surface area contributed by atoms with Crippen molar-refractivity contribution < 1.29 is 14.0 Å². The van der Waals surface area contributed by atoms with Crippen LogP contribution in [0.2, 0.25) is 0 Å². The van der Waals surface area contributed by atoms with Gasteiger partial charge in [-0.3, -0.25) is 9.59 Å². The number of carbonyl (C=O) groups is 2. The van der Waals surface area contributed by atoms with E-state index in [-0.39, 0.29) is 17.9 Å². The summed E-state index contributed by atoms with van der Waals surface area (Å²) in [6.45, 7) is 1.78. The van der Waals surface area contributed by atoms with E-state index in [1.165, 1.54) is 0 Å². The monoisotopic (exact) mass is 262 g/mol. The highest BCUT2D eigenvalue weighted by molar-refractivity contribution is 5.90. The summed E-state index contributed by atoms with van der Waals surface area (Å²) in [6, 6.07) is 1.62. The van der Waals surface area contributed by atoms with Crippen molar-refractivity contribution in [1.29, 1.82) is 0 Å². The second-order valence-corrected chi connectivity index (χ2v) is 5.24. The van der Waals surface area contributed by atoms with Gasteiger partial charge in [0.05, 0.1) is 12.5 Å². The normalized spacial score (nSPS) is 24.3. The van der Waals surface area contributed by atoms with Gasteiger partial charge in [0.2, 0.25) is 11.8 Å². The number of carbonyl (C=O) groups excluding carboxylic acids is 2. The molecule has 1 aromatic heterocycles. The molecule has 2 aliphatic heterocycles. The van der Waals surface area contributed by atoms with Crippen LogP contribution in [0.1, 0.15) is 31.2 Å². The Bertz CT molecular complexity index is 469. The van der Waals surface area contributed by atoms with Crippen molar-refractivity contribution in [3.63, 3.8) is 0 Å². The third kappa shape index (κ3) is 2.37. The minimum Gasteiger partial charge on any atom is -0.472 e. The number of piperidine rings is 1. The fraction of sp³-hybridized carbons (Fsp3) is 0.571. The number of hydrogen-bond donors (Lipinski definition) is 0. The summed E-state index contributed by atoms with van der Waals surface area (Å²) in [6.07, 6.45) is 6.53. The summed E-state index contributed by atoms with van der Waals surface area (Å²) in [5.41, 5.74) is 0.977. The van der Waals surface area contributed by atoms with E-state index in [0.29, 0.717) is 19.5 Å². The zero-order valence-electron chi connectivity index (χ0n) is 10.9. The minimum atomic E-state index is -0.240. The number of hydrogen-bond acceptors (Lipinski definition) is 3. The van der Waals surface area contributed by atoms with Gasteiger partial charge in [0.25, 0.3) is 0 Å². The fourth-order valence-electron chi connectivity index (χ4n) is 2.94. The summed E-state index contributed by atoms with van der Waals surface area (Å²) < 4.78 is 5.03. The van der Waals surface area contributed by atoms with E-state index in [1.54, 1.807) is 22.3 Å². The summed E-state index contributed by atoms with van der Waals surface area (Å²) in [7, 11) is 0. The molecule has 3 heterocycles. The maximum absolute atomic E-state index is 12.6. The van der Waals surface area contributed by atoms with Crippen LogP contribution in [0.3, 0.4) is 0 Å². The first-order chi connectivity index (χ1) is 9.25.